The Labute approximate surface area is 127 Å². The van der Waals surface area contributed by atoms with Gasteiger partial charge in [-0.2, -0.15) is 0 Å². The zero-order valence-corrected chi connectivity index (χ0v) is 12.5. The predicted molar refractivity (Wildman–Crippen MR) is 78.4 cm³/mol. The standard InChI is InChI=1S/C15H18N2O5/c1-15(9-21-2,8-14(19)20)16-13(18)7-11-10-5-3-4-6-12(10)22-17-11/h3-6H,7-9H2,1-2H3,(H,16,18)(H,19,20). The van der Waals surface area contributed by atoms with E-state index in [9.17, 15) is 9.59 Å². The summed E-state index contributed by atoms with van der Waals surface area (Å²) in [6.07, 6.45) is -0.220. The fourth-order valence-corrected chi connectivity index (χ4v) is 2.38. The smallest absolute Gasteiger partial charge is 0.305 e. The maximum atomic E-state index is 12.2. The van der Waals surface area contributed by atoms with Gasteiger partial charge in [-0.15, -0.1) is 0 Å². The van der Waals surface area contributed by atoms with Gasteiger partial charge in [-0.3, -0.25) is 9.59 Å². The van der Waals surface area contributed by atoms with Crippen LogP contribution in [0.5, 0.6) is 0 Å². The highest BCUT2D eigenvalue weighted by Gasteiger charge is 2.30. The van der Waals surface area contributed by atoms with E-state index in [-0.39, 0.29) is 25.4 Å². The quantitative estimate of drug-likeness (QED) is 0.801. The summed E-state index contributed by atoms with van der Waals surface area (Å²) in [7, 11) is 1.46. The molecule has 1 heterocycles. The van der Waals surface area contributed by atoms with E-state index >= 15 is 0 Å². The Balaban J connectivity index is 2.09. The number of aliphatic carboxylic acids is 1. The molecule has 2 rings (SSSR count). The van der Waals surface area contributed by atoms with Crippen LogP contribution in [0, 0.1) is 0 Å². The van der Waals surface area contributed by atoms with E-state index < -0.39 is 11.5 Å². The van der Waals surface area contributed by atoms with Crippen molar-refractivity contribution in [2.75, 3.05) is 13.7 Å². The second-order valence-electron chi connectivity index (χ2n) is 5.41. The lowest BCUT2D eigenvalue weighted by Crippen LogP contribution is -2.51. The minimum atomic E-state index is -1.01. The first-order chi connectivity index (χ1) is 10.4. The third-order valence-corrected chi connectivity index (χ3v) is 3.23. The number of rotatable bonds is 7. The highest BCUT2D eigenvalue weighted by atomic mass is 16.5. The van der Waals surface area contributed by atoms with Crippen molar-refractivity contribution in [3.05, 3.63) is 30.0 Å². The number of amides is 1. The first-order valence-electron chi connectivity index (χ1n) is 6.78. The minimum Gasteiger partial charge on any atom is -0.481 e. The normalized spacial score (nSPS) is 13.7. The van der Waals surface area contributed by atoms with Gasteiger partial charge in [0.05, 0.1) is 25.0 Å². The van der Waals surface area contributed by atoms with E-state index in [0.29, 0.717) is 11.3 Å². The molecule has 2 aromatic rings. The zero-order chi connectivity index (χ0) is 16.2. The molecule has 1 atom stereocenters. The molecule has 0 aliphatic rings. The average Bonchev–Trinajstić information content (AvgIpc) is 2.81. The Kier molecular flexibility index (Phi) is 4.77. The molecule has 1 aromatic heterocycles. The Morgan fingerprint density at radius 1 is 1.41 bits per heavy atom. The molecule has 0 spiro atoms. The second kappa shape index (κ2) is 6.57. The lowest BCUT2D eigenvalue weighted by molar-refractivity contribution is -0.139. The summed E-state index contributed by atoms with van der Waals surface area (Å²) in [6, 6.07) is 7.24. The molecule has 0 fully saturated rings. The van der Waals surface area contributed by atoms with Crippen molar-refractivity contribution < 1.29 is 24.0 Å². The summed E-state index contributed by atoms with van der Waals surface area (Å²) >= 11 is 0. The summed E-state index contributed by atoms with van der Waals surface area (Å²) in [5.41, 5.74) is 0.149. The highest BCUT2D eigenvalue weighted by Crippen LogP contribution is 2.18. The number of hydrogen-bond donors (Lipinski definition) is 2. The number of hydrogen-bond acceptors (Lipinski definition) is 5. The summed E-state index contributed by atoms with van der Waals surface area (Å²) < 4.78 is 10.1. The number of carbonyl (C=O) groups is 2. The van der Waals surface area contributed by atoms with Crippen LogP contribution in [0.2, 0.25) is 0 Å². The van der Waals surface area contributed by atoms with Crippen molar-refractivity contribution in [1.29, 1.82) is 0 Å². The molecule has 2 N–H and O–H groups in total. The lowest BCUT2D eigenvalue weighted by atomic mass is 9.98. The number of para-hydroxylation sites is 1. The van der Waals surface area contributed by atoms with Crippen molar-refractivity contribution in [3.63, 3.8) is 0 Å². The molecular formula is C15H18N2O5. The Morgan fingerprint density at radius 3 is 2.82 bits per heavy atom. The molecule has 0 saturated heterocycles. The highest BCUT2D eigenvalue weighted by molar-refractivity contribution is 5.86. The largest absolute Gasteiger partial charge is 0.481 e. The number of benzene rings is 1. The van der Waals surface area contributed by atoms with Gasteiger partial charge in [0, 0.05) is 12.5 Å². The number of carboxylic acid groups (broad SMARTS) is 1. The van der Waals surface area contributed by atoms with Crippen LogP contribution in [0.3, 0.4) is 0 Å². The SMILES string of the molecule is COCC(C)(CC(=O)O)NC(=O)Cc1noc2ccccc12. The average molecular weight is 306 g/mol. The topological polar surface area (TPSA) is 102 Å². The van der Waals surface area contributed by atoms with E-state index in [0.717, 1.165) is 5.39 Å². The monoisotopic (exact) mass is 306 g/mol. The Bertz CT molecular complexity index is 681. The zero-order valence-electron chi connectivity index (χ0n) is 12.5. The van der Waals surface area contributed by atoms with E-state index in [4.69, 9.17) is 14.4 Å². The summed E-state index contributed by atoms with van der Waals surface area (Å²) in [5.74, 6) is -1.34. The number of carboxylic acids is 1. The number of nitrogens with one attached hydrogen (secondary N) is 1. The first kappa shape index (κ1) is 16.0. The van der Waals surface area contributed by atoms with Crippen LogP contribution in [0.4, 0.5) is 0 Å². The van der Waals surface area contributed by atoms with E-state index in [2.05, 4.69) is 10.5 Å². The third-order valence-electron chi connectivity index (χ3n) is 3.23. The molecule has 1 unspecified atom stereocenters. The first-order valence-corrected chi connectivity index (χ1v) is 6.78. The molecule has 1 amide bonds. The maximum Gasteiger partial charge on any atom is 0.305 e. The van der Waals surface area contributed by atoms with Gasteiger partial charge in [0.15, 0.2) is 5.58 Å². The second-order valence-corrected chi connectivity index (χ2v) is 5.41. The third kappa shape index (κ3) is 3.82. The molecule has 1 aromatic carbocycles. The summed E-state index contributed by atoms with van der Waals surface area (Å²) in [5, 5.41) is 16.3. The van der Waals surface area contributed by atoms with Gasteiger partial charge in [-0.05, 0) is 19.1 Å². The van der Waals surface area contributed by atoms with Gasteiger partial charge >= 0.3 is 5.97 Å². The van der Waals surface area contributed by atoms with E-state index in [1.807, 2.05) is 18.2 Å². The molecule has 0 bridgehead atoms. The number of ether oxygens (including phenoxy) is 1. The van der Waals surface area contributed by atoms with Gasteiger partial charge in [-0.25, -0.2) is 0 Å². The van der Waals surface area contributed by atoms with Gasteiger partial charge < -0.3 is 19.7 Å². The summed E-state index contributed by atoms with van der Waals surface area (Å²) in [6.45, 7) is 1.73. The van der Waals surface area contributed by atoms with Crippen molar-refractivity contribution in [1.82, 2.24) is 10.5 Å². The van der Waals surface area contributed by atoms with Crippen LogP contribution in [0.15, 0.2) is 28.8 Å². The van der Waals surface area contributed by atoms with Crippen molar-refractivity contribution >= 4 is 22.8 Å². The lowest BCUT2D eigenvalue weighted by Gasteiger charge is -2.28. The van der Waals surface area contributed by atoms with Crippen LogP contribution in [0.1, 0.15) is 19.0 Å². The fraction of sp³-hybridized carbons (Fsp3) is 0.400. The molecule has 0 saturated carbocycles. The van der Waals surface area contributed by atoms with Crippen molar-refractivity contribution in [2.24, 2.45) is 0 Å². The predicted octanol–water partition coefficient (Wildman–Crippen LogP) is 1.37. The van der Waals surface area contributed by atoms with Crippen molar-refractivity contribution in [2.45, 2.75) is 25.3 Å². The molecule has 7 nitrogen and oxygen atoms in total. The number of carbonyl (C=O) groups excluding carboxylic acids is 1. The number of aromatic nitrogens is 1. The van der Waals surface area contributed by atoms with Gasteiger partial charge in [0.1, 0.15) is 5.69 Å². The Morgan fingerprint density at radius 2 is 2.14 bits per heavy atom. The maximum absolute atomic E-state index is 12.2. The fourth-order valence-electron chi connectivity index (χ4n) is 2.38. The number of nitrogens with zero attached hydrogens (tertiary/aromatic N) is 1. The van der Waals surface area contributed by atoms with Crippen LogP contribution < -0.4 is 5.32 Å². The van der Waals surface area contributed by atoms with Crippen LogP contribution in [0.25, 0.3) is 11.0 Å². The summed E-state index contributed by atoms with van der Waals surface area (Å²) in [4.78, 5) is 23.1. The van der Waals surface area contributed by atoms with Gasteiger partial charge in [0.25, 0.3) is 0 Å². The number of fused-ring (bicyclic) bond motifs is 1. The molecule has 0 radical (unpaired) electrons. The Hall–Kier alpha value is -2.41. The molecule has 118 valence electrons. The van der Waals surface area contributed by atoms with Crippen LogP contribution in [-0.2, 0) is 20.7 Å². The van der Waals surface area contributed by atoms with Gasteiger partial charge in [0.2, 0.25) is 5.91 Å². The van der Waals surface area contributed by atoms with Crippen molar-refractivity contribution in [3.8, 4) is 0 Å². The molecule has 0 aliphatic carbocycles. The molecular weight excluding hydrogens is 288 g/mol. The van der Waals surface area contributed by atoms with Crippen LogP contribution >= 0.6 is 0 Å². The van der Waals surface area contributed by atoms with Crippen LogP contribution in [-0.4, -0.2) is 41.4 Å². The molecule has 0 aliphatic heterocycles. The van der Waals surface area contributed by atoms with E-state index in [1.165, 1.54) is 7.11 Å². The molecule has 22 heavy (non-hydrogen) atoms. The molecule has 7 heteroatoms. The van der Waals surface area contributed by atoms with Gasteiger partial charge in [-0.1, -0.05) is 17.3 Å². The minimum absolute atomic E-state index is 0.00986. The number of methoxy groups -OCH3 is 1. The van der Waals surface area contributed by atoms with E-state index in [1.54, 1.807) is 13.0 Å².